The summed E-state index contributed by atoms with van der Waals surface area (Å²) in [6.07, 6.45) is 6.65. The fourth-order valence-electron chi connectivity index (χ4n) is 5.05. The van der Waals surface area contributed by atoms with Crippen LogP contribution in [0, 0.1) is 13.8 Å². The van der Waals surface area contributed by atoms with E-state index in [1.807, 2.05) is 44.3 Å². The van der Waals surface area contributed by atoms with E-state index < -0.39 is 6.09 Å². The van der Waals surface area contributed by atoms with Crippen LogP contribution in [0.4, 0.5) is 4.79 Å². The fraction of sp³-hybridized carbons (Fsp3) is 0.385. The van der Waals surface area contributed by atoms with Crippen molar-refractivity contribution in [1.29, 1.82) is 0 Å². The number of amides is 1. The number of piperidine rings is 1. The van der Waals surface area contributed by atoms with Gasteiger partial charge in [-0.15, -0.1) is 0 Å². The van der Waals surface area contributed by atoms with E-state index in [9.17, 15) is 9.59 Å². The van der Waals surface area contributed by atoms with E-state index in [1.165, 1.54) is 9.63 Å². The van der Waals surface area contributed by atoms with Crippen molar-refractivity contribution in [3.63, 3.8) is 0 Å². The van der Waals surface area contributed by atoms with Gasteiger partial charge < -0.3 is 14.3 Å². The van der Waals surface area contributed by atoms with Crippen molar-refractivity contribution in [2.45, 2.75) is 32.7 Å². The molecule has 0 spiro atoms. The number of Topliss-reactive ketones (excluding diaryl/α,β-unsaturated/α-hetero) is 1. The minimum atomic E-state index is -0.498. The summed E-state index contributed by atoms with van der Waals surface area (Å²) in [5, 5.41) is 0.827. The molecule has 4 aromatic rings. The Hall–Kier alpha value is -3.72. The number of ketones is 1. The largest absolute Gasteiger partial charge is 0.434 e. The Kier molecular flexibility index (Phi) is 6.02. The maximum atomic E-state index is 13.4. The van der Waals surface area contributed by atoms with E-state index in [4.69, 9.17) is 4.84 Å². The number of rotatable bonds is 5. The minimum Gasteiger partial charge on any atom is -0.325 e. The molecule has 0 N–H and O–H groups in total. The lowest BCUT2D eigenvalue weighted by molar-refractivity contribution is 0.0893. The van der Waals surface area contributed by atoms with Crippen molar-refractivity contribution in [3.05, 3.63) is 59.8 Å². The lowest BCUT2D eigenvalue weighted by atomic mass is 10.0. The number of hydrogen-bond acceptors (Lipinski definition) is 6. The smallest absolute Gasteiger partial charge is 0.325 e. The normalized spacial score (nSPS) is 15.1. The van der Waals surface area contributed by atoms with Gasteiger partial charge in [-0.2, -0.15) is 4.73 Å². The Morgan fingerprint density at radius 3 is 2.63 bits per heavy atom. The molecule has 1 amide bonds. The van der Waals surface area contributed by atoms with Gasteiger partial charge in [-0.05, 0) is 44.4 Å². The van der Waals surface area contributed by atoms with Crippen molar-refractivity contribution in [2.75, 3.05) is 33.7 Å². The van der Waals surface area contributed by atoms with Crippen LogP contribution in [0.25, 0.3) is 21.9 Å². The number of aryl methyl sites for hydroxylation is 2. The second-order valence-electron chi connectivity index (χ2n) is 9.41. The first-order valence-corrected chi connectivity index (χ1v) is 11.9. The van der Waals surface area contributed by atoms with Gasteiger partial charge in [-0.1, -0.05) is 12.1 Å². The summed E-state index contributed by atoms with van der Waals surface area (Å²) in [4.78, 5) is 43.5. The predicted octanol–water partition coefficient (Wildman–Crippen LogP) is 3.63. The third-order valence-electron chi connectivity index (χ3n) is 6.80. The highest BCUT2D eigenvalue weighted by Gasteiger charge is 2.26. The average Bonchev–Trinajstić information content (AvgIpc) is 3.37. The van der Waals surface area contributed by atoms with Gasteiger partial charge in [0.2, 0.25) is 0 Å². The molecule has 0 saturated carbocycles. The van der Waals surface area contributed by atoms with Gasteiger partial charge in [0.25, 0.3) is 0 Å². The molecule has 3 aromatic heterocycles. The lowest BCUT2D eigenvalue weighted by Gasteiger charge is -2.33. The molecule has 9 nitrogen and oxygen atoms in total. The molecule has 0 aliphatic carbocycles. The van der Waals surface area contributed by atoms with E-state index in [2.05, 4.69) is 19.4 Å². The molecule has 0 bridgehead atoms. The molecular weight excluding hydrogens is 444 g/mol. The number of fused-ring (bicyclic) bond motifs is 2. The summed E-state index contributed by atoms with van der Waals surface area (Å²) in [6.45, 7) is 5.99. The topological polar surface area (TPSA) is 85.5 Å². The number of imidazole rings is 1. The van der Waals surface area contributed by atoms with E-state index in [-0.39, 0.29) is 5.78 Å². The van der Waals surface area contributed by atoms with Crippen LogP contribution in [0.5, 0.6) is 0 Å². The molecule has 1 fully saturated rings. The quantitative estimate of drug-likeness (QED) is 0.411. The maximum absolute atomic E-state index is 13.4. The first-order chi connectivity index (χ1) is 16.8. The van der Waals surface area contributed by atoms with E-state index in [0.717, 1.165) is 53.7 Å². The summed E-state index contributed by atoms with van der Waals surface area (Å²) < 4.78 is 3.72. The standard InChI is InChI=1S/C26H30N6O3/c1-17-6-5-7-23-25(17)20(15-31(23)35-26(34)29(3)4)24(33)16-30-12-9-19(10-13-30)32-18(2)28-21-14-27-11-8-22(21)32/h5-8,11,14-15,19H,9-10,12-13,16H2,1-4H3. The number of aromatic nitrogens is 4. The van der Waals surface area contributed by atoms with Crippen LogP contribution < -0.4 is 4.84 Å². The zero-order valence-electron chi connectivity index (χ0n) is 20.6. The van der Waals surface area contributed by atoms with Crippen molar-refractivity contribution < 1.29 is 14.4 Å². The molecule has 1 aliphatic heterocycles. The molecule has 1 aliphatic rings. The zero-order valence-corrected chi connectivity index (χ0v) is 20.6. The van der Waals surface area contributed by atoms with Crippen LogP contribution in [-0.2, 0) is 0 Å². The molecule has 4 heterocycles. The number of carbonyl (C=O) groups is 2. The number of hydrogen-bond donors (Lipinski definition) is 0. The molecule has 182 valence electrons. The van der Waals surface area contributed by atoms with Crippen LogP contribution in [0.15, 0.2) is 42.9 Å². The van der Waals surface area contributed by atoms with Gasteiger partial charge in [-0.3, -0.25) is 14.7 Å². The SMILES string of the molecule is Cc1cccc2c1c(C(=O)CN1CCC(n3c(C)nc4cnccc43)CC1)cn2OC(=O)N(C)C. The highest BCUT2D eigenvalue weighted by atomic mass is 16.7. The van der Waals surface area contributed by atoms with Gasteiger partial charge in [0.05, 0.1) is 30.0 Å². The second-order valence-corrected chi connectivity index (χ2v) is 9.41. The third kappa shape index (κ3) is 4.27. The number of pyridine rings is 1. The molecule has 0 radical (unpaired) electrons. The molecule has 35 heavy (non-hydrogen) atoms. The number of benzene rings is 1. The molecule has 5 rings (SSSR count). The number of carbonyl (C=O) groups excluding carboxylic acids is 2. The Morgan fingerprint density at radius 2 is 1.89 bits per heavy atom. The fourth-order valence-corrected chi connectivity index (χ4v) is 5.05. The Morgan fingerprint density at radius 1 is 1.11 bits per heavy atom. The van der Waals surface area contributed by atoms with Crippen LogP contribution in [0.3, 0.4) is 0 Å². The highest BCUT2D eigenvalue weighted by molar-refractivity contribution is 6.10. The maximum Gasteiger partial charge on any atom is 0.434 e. The molecule has 1 aromatic carbocycles. The highest BCUT2D eigenvalue weighted by Crippen LogP contribution is 2.29. The van der Waals surface area contributed by atoms with Crippen LogP contribution in [0.1, 0.15) is 40.6 Å². The van der Waals surface area contributed by atoms with Gasteiger partial charge in [0.1, 0.15) is 11.3 Å². The summed E-state index contributed by atoms with van der Waals surface area (Å²) in [5.41, 5.74) is 4.29. The van der Waals surface area contributed by atoms with E-state index in [0.29, 0.717) is 23.7 Å². The zero-order chi connectivity index (χ0) is 24.7. The molecular formula is C26H30N6O3. The number of nitrogens with zero attached hydrogens (tertiary/aromatic N) is 6. The van der Waals surface area contributed by atoms with Crippen LogP contribution in [-0.4, -0.2) is 74.7 Å². The molecule has 0 unspecified atom stereocenters. The van der Waals surface area contributed by atoms with Crippen molar-refractivity contribution in [1.82, 2.24) is 29.1 Å². The molecule has 1 saturated heterocycles. The monoisotopic (exact) mass is 474 g/mol. The van der Waals surface area contributed by atoms with Gasteiger partial charge in [0, 0.05) is 50.4 Å². The molecule has 0 atom stereocenters. The Bertz CT molecular complexity index is 1410. The minimum absolute atomic E-state index is 0.0257. The van der Waals surface area contributed by atoms with Gasteiger partial charge >= 0.3 is 6.09 Å². The van der Waals surface area contributed by atoms with Gasteiger partial charge in [-0.25, -0.2) is 9.78 Å². The van der Waals surface area contributed by atoms with Crippen molar-refractivity contribution >= 4 is 33.8 Å². The second kappa shape index (κ2) is 9.14. The first-order valence-electron chi connectivity index (χ1n) is 11.9. The number of likely N-dealkylation sites (tertiary alicyclic amines) is 1. The summed E-state index contributed by atoms with van der Waals surface area (Å²) >= 11 is 0. The van der Waals surface area contributed by atoms with Crippen molar-refractivity contribution in [3.8, 4) is 0 Å². The predicted molar refractivity (Wildman–Crippen MR) is 134 cm³/mol. The Labute approximate surface area is 203 Å². The van der Waals surface area contributed by atoms with E-state index >= 15 is 0 Å². The van der Waals surface area contributed by atoms with E-state index in [1.54, 1.807) is 26.5 Å². The summed E-state index contributed by atoms with van der Waals surface area (Å²) in [5.74, 6) is 1.02. The summed E-state index contributed by atoms with van der Waals surface area (Å²) in [7, 11) is 3.25. The first kappa shape index (κ1) is 23.0. The van der Waals surface area contributed by atoms with Gasteiger partial charge in [0.15, 0.2) is 5.78 Å². The lowest BCUT2D eigenvalue weighted by Crippen LogP contribution is -2.38. The van der Waals surface area contributed by atoms with Crippen LogP contribution in [0.2, 0.25) is 0 Å². The van der Waals surface area contributed by atoms with Crippen molar-refractivity contribution in [2.24, 2.45) is 0 Å². The average molecular weight is 475 g/mol. The Balaban J connectivity index is 1.32. The molecule has 9 heteroatoms. The summed E-state index contributed by atoms with van der Waals surface area (Å²) in [6, 6.07) is 8.10. The third-order valence-corrected chi connectivity index (χ3v) is 6.80. The van der Waals surface area contributed by atoms with Crippen LogP contribution >= 0.6 is 0 Å².